The van der Waals surface area contributed by atoms with Gasteiger partial charge in [-0.25, -0.2) is 4.79 Å². The van der Waals surface area contributed by atoms with Crippen LogP contribution >= 0.6 is 0 Å². The highest BCUT2D eigenvalue weighted by atomic mass is 16.6. The van der Waals surface area contributed by atoms with Gasteiger partial charge in [-0.15, -0.1) is 0 Å². The zero-order valence-electron chi connectivity index (χ0n) is 13.3. The van der Waals surface area contributed by atoms with E-state index in [-0.39, 0.29) is 12.1 Å². The van der Waals surface area contributed by atoms with Gasteiger partial charge in [-0.05, 0) is 39.7 Å². The van der Waals surface area contributed by atoms with Gasteiger partial charge in [-0.1, -0.05) is 30.3 Å². The van der Waals surface area contributed by atoms with Gasteiger partial charge >= 0.3 is 6.09 Å². The summed E-state index contributed by atoms with van der Waals surface area (Å²) in [6.45, 7) is 7.92. The summed E-state index contributed by atoms with van der Waals surface area (Å²) in [6.07, 6.45) is 0.776. The van der Waals surface area contributed by atoms with E-state index in [0.29, 0.717) is 19.4 Å². The van der Waals surface area contributed by atoms with Crippen LogP contribution < -0.4 is 0 Å². The monoisotopic (exact) mass is 291 g/mol. The van der Waals surface area contributed by atoms with Crippen molar-refractivity contribution < 1.29 is 14.6 Å². The summed E-state index contributed by atoms with van der Waals surface area (Å²) in [7, 11) is 0. The molecule has 1 N–H and O–H groups in total. The molecule has 0 radical (unpaired) electrons. The second-order valence-electron chi connectivity index (χ2n) is 7.05. The molecule has 0 spiro atoms. The number of carbonyl (C=O) groups is 1. The summed E-state index contributed by atoms with van der Waals surface area (Å²) in [4.78, 5) is 14.2. The Kier molecular flexibility index (Phi) is 4.28. The van der Waals surface area contributed by atoms with E-state index < -0.39 is 11.2 Å². The van der Waals surface area contributed by atoms with Crippen molar-refractivity contribution in [1.82, 2.24) is 4.90 Å². The van der Waals surface area contributed by atoms with E-state index in [1.807, 2.05) is 58.0 Å². The van der Waals surface area contributed by atoms with Gasteiger partial charge in [0.15, 0.2) is 0 Å². The molecule has 1 amide bonds. The molecule has 0 aromatic heterocycles. The van der Waals surface area contributed by atoms with Crippen LogP contribution in [0.15, 0.2) is 30.3 Å². The molecule has 116 valence electrons. The number of nitrogens with zero attached hydrogens (tertiary/aromatic N) is 1. The van der Waals surface area contributed by atoms with E-state index in [1.54, 1.807) is 4.90 Å². The minimum Gasteiger partial charge on any atom is -0.444 e. The number of rotatable bonds is 1. The van der Waals surface area contributed by atoms with Crippen molar-refractivity contribution in [1.29, 1.82) is 0 Å². The number of ether oxygens (including phenoxy) is 1. The highest BCUT2D eigenvalue weighted by Crippen LogP contribution is 2.37. The van der Waals surface area contributed by atoms with Crippen LogP contribution in [0.5, 0.6) is 0 Å². The molecular formula is C17H25NO3. The van der Waals surface area contributed by atoms with Gasteiger partial charge in [-0.2, -0.15) is 0 Å². The summed E-state index contributed by atoms with van der Waals surface area (Å²) >= 11 is 0. The average Bonchev–Trinajstić information content (AvgIpc) is 2.36. The molecule has 21 heavy (non-hydrogen) atoms. The van der Waals surface area contributed by atoms with E-state index >= 15 is 0 Å². The highest BCUT2D eigenvalue weighted by Gasteiger charge is 2.39. The van der Waals surface area contributed by atoms with Gasteiger partial charge in [0.2, 0.25) is 0 Å². The normalized spacial score (nSPS) is 26.5. The molecule has 4 heteroatoms. The molecule has 1 aliphatic rings. The van der Waals surface area contributed by atoms with Gasteiger partial charge in [0.05, 0.1) is 11.6 Å². The van der Waals surface area contributed by atoms with Crippen molar-refractivity contribution in [2.75, 3.05) is 6.54 Å². The number of hydrogen-bond acceptors (Lipinski definition) is 3. The van der Waals surface area contributed by atoms with Crippen LogP contribution in [0.2, 0.25) is 0 Å². The summed E-state index contributed by atoms with van der Waals surface area (Å²) in [5.41, 5.74) is -0.236. The molecule has 0 aliphatic carbocycles. The maximum absolute atomic E-state index is 12.4. The first kappa shape index (κ1) is 15.8. The SMILES string of the molecule is CC(C)(C)OC(=O)N1CC[C@@](C)(O)C[C@H]1c1ccccc1. The van der Waals surface area contributed by atoms with Gasteiger partial charge in [0, 0.05) is 13.0 Å². The molecule has 0 unspecified atom stereocenters. The topological polar surface area (TPSA) is 49.8 Å². The molecule has 1 aromatic rings. The first-order valence-corrected chi connectivity index (χ1v) is 7.45. The van der Waals surface area contributed by atoms with Crippen LogP contribution in [0.4, 0.5) is 4.79 Å². The lowest BCUT2D eigenvalue weighted by molar-refractivity contribution is -0.0452. The Morgan fingerprint density at radius 2 is 1.95 bits per heavy atom. The average molecular weight is 291 g/mol. The number of likely N-dealkylation sites (tertiary alicyclic amines) is 1. The minimum atomic E-state index is -0.751. The Balaban J connectivity index is 2.24. The van der Waals surface area contributed by atoms with Crippen LogP contribution in [0.25, 0.3) is 0 Å². The Hall–Kier alpha value is -1.55. The summed E-state index contributed by atoms with van der Waals surface area (Å²) in [5, 5.41) is 10.4. The number of benzene rings is 1. The lowest BCUT2D eigenvalue weighted by atomic mass is 9.85. The van der Waals surface area contributed by atoms with Gasteiger partial charge in [0.1, 0.15) is 5.60 Å². The lowest BCUT2D eigenvalue weighted by Crippen LogP contribution is -2.48. The Labute approximate surface area is 126 Å². The van der Waals surface area contributed by atoms with E-state index in [1.165, 1.54) is 0 Å². The maximum atomic E-state index is 12.4. The third-order valence-electron chi connectivity index (χ3n) is 3.71. The van der Waals surface area contributed by atoms with E-state index in [0.717, 1.165) is 5.56 Å². The third-order valence-corrected chi connectivity index (χ3v) is 3.71. The predicted octanol–water partition coefficient (Wildman–Crippen LogP) is 3.51. The zero-order chi connectivity index (χ0) is 15.7. The Morgan fingerprint density at radius 3 is 2.52 bits per heavy atom. The minimum absolute atomic E-state index is 0.148. The molecule has 0 bridgehead atoms. The number of aliphatic hydroxyl groups is 1. The predicted molar refractivity (Wildman–Crippen MR) is 82.0 cm³/mol. The fourth-order valence-electron chi connectivity index (χ4n) is 2.66. The summed E-state index contributed by atoms with van der Waals surface area (Å²) < 4.78 is 5.50. The second kappa shape index (κ2) is 5.68. The zero-order valence-corrected chi connectivity index (χ0v) is 13.3. The molecule has 1 aromatic carbocycles. The molecule has 1 heterocycles. The summed E-state index contributed by atoms with van der Waals surface area (Å²) in [6, 6.07) is 9.68. The molecule has 1 aliphatic heterocycles. The number of piperidine rings is 1. The molecule has 4 nitrogen and oxygen atoms in total. The quantitative estimate of drug-likeness (QED) is 0.861. The van der Waals surface area contributed by atoms with Crippen LogP contribution in [0.3, 0.4) is 0 Å². The molecule has 1 fully saturated rings. The Bertz CT molecular complexity index is 491. The standard InChI is InChI=1S/C17H25NO3/c1-16(2,3)21-15(19)18-11-10-17(4,20)12-14(18)13-8-6-5-7-9-13/h5-9,14,20H,10-12H2,1-4H3/t14-,17+/m0/s1. The fraction of sp³-hybridized carbons (Fsp3) is 0.588. The van der Waals surface area contributed by atoms with Gasteiger partial charge in [-0.3, -0.25) is 0 Å². The van der Waals surface area contributed by atoms with Crippen molar-refractivity contribution in [3.05, 3.63) is 35.9 Å². The van der Waals surface area contributed by atoms with Crippen molar-refractivity contribution in [2.45, 2.75) is 57.8 Å². The van der Waals surface area contributed by atoms with E-state index in [9.17, 15) is 9.90 Å². The molecular weight excluding hydrogens is 266 g/mol. The largest absolute Gasteiger partial charge is 0.444 e. The molecule has 2 atom stereocenters. The summed E-state index contributed by atoms with van der Waals surface area (Å²) in [5.74, 6) is 0. The van der Waals surface area contributed by atoms with Crippen LogP contribution in [0.1, 0.15) is 52.1 Å². The first-order valence-electron chi connectivity index (χ1n) is 7.45. The van der Waals surface area contributed by atoms with Crippen LogP contribution in [-0.2, 0) is 4.74 Å². The lowest BCUT2D eigenvalue weighted by Gasteiger charge is -2.42. The number of hydrogen-bond donors (Lipinski definition) is 1. The van der Waals surface area contributed by atoms with Crippen LogP contribution in [0, 0.1) is 0 Å². The van der Waals surface area contributed by atoms with Crippen LogP contribution in [-0.4, -0.2) is 33.8 Å². The van der Waals surface area contributed by atoms with Crippen molar-refractivity contribution >= 4 is 6.09 Å². The van der Waals surface area contributed by atoms with Crippen molar-refractivity contribution in [3.63, 3.8) is 0 Å². The van der Waals surface area contributed by atoms with Crippen molar-refractivity contribution in [2.24, 2.45) is 0 Å². The number of carbonyl (C=O) groups excluding carboxylic acids is 1. The maximum Gasteiger partial charge on any atom is 0.410 e. The smallest absolute Gasteiger partial charge is 0.410 e. The van der Waals surface area contributed by atoms with Crippen molar-refractivity contribution in [3.8, 4) is 0 Å². The molecule has 1 saturated heterocycles. The first-order chi connectivity index (χ1) is 9.68. The number of amides is 1. The second-order valence-corrected chi connectivity index (χ2v) is 7.05. The van der Waals surface area contributed by atoms with E-state index in [2.05, 4.69) is 0 Å². The van der Waals surface area contributed by atoms with E-state index in [4.69, 9.17) is 4.74 Å². The highest BCUT2D eigenvalue weighted by molar-refractivity contribution is 5.69. The fourth-order valence-corrected chi connectivity index (χ4v) is 2.66. The molecule has 2 rings (SSSR count). The Morgan fingerprint density at radius 1 is 1.33 bits per heavy atom. The van der Waals surface area contributed by atoms with Gasteiger partial charge < -0.3 is 14.7 Å². The van der Waals surface area contributed by atoms with Gasteiger partial charge in [0.25, 0.3) is 0 Å². The molecule has 0 saturated carbocycles. The third kappa shape index (κ3) is 4.21.